The van der Waals surface area contributed by atoms with Crippen molar-refractivity contribution in [2.75, 3.05) is 19.1 Å². The van der Waals surface area contributed by atoms with Gasteiger partial charge in [0.25, 0.3) is 0 Å². The Labute approximate surface area is 88.4 Å². The molecule has 0 saturated heterocycles. The van der Waals surface area contributed by atoms with Crippen molar-refractivity contribution in [2.24, 2.45) is 4.99 Å². The highest BCUT2D eigenvalue weighted by molar-refractivity contribution is 8.13. The number of hydrogen-bond acceptors (Lipinski definition) is 4. The maximum Gasteiger partial charge on any atom is 0.183 e. The Balaban J connectivity index is 4.15. The minimum atomic E-state index is 0.137. The first-order valence-electron chi connectivity index (χ1n) is 3.84. The van der Waals surface area contributed by atoms with Gasteiger partial charge in [0.05, 0.1) is 6.54 Å². The van der Waals surface area contributed by atoms with Crippen molar-refractivity contribution >= 4 is 28.7 Å². The van der Waals surface area contributed by atoms with Gasteiger partial charge in [-0.1, -0.05) is 11.8 Å². The molecule has 0 radical (unpaired) electrons. The summed E-state index contributed by atoms with van der Waals surface area (Å²) in [5.41, 5.74) is 0. The number of aliphatic imine (C=N–C) groups is 1. The first-order chi connectivity index (χ1) is 6.05. The predicted octanol–water partition coefficient (Wildman–Crippen LogP) is 1.92. The van der Waals surface area contributed by atoms with Crippen LogP contribution in [-0.4, -0.2) is 29.0 Å². The highest BCUT2D eigenvalue weighted by atomic mass is 32.2. The van der Waals surface area contributed by atoms with Crippen molar-refractivity contribution in [3.8, 4) is 6.19 Å². The molecule has 0 fully saturated rings. The fourth-order valence-electron chi connectivity index (χ4n) is 0.530. The third-order valence-corrected chi connectivity index (χ3v) is 3.36. The standard InChI is InChI=1S/C8H15N3S2/c1-8(2,13-4)5-10-7(12-3)11-6-9/h5H2,1-4H3,(H,10,11). The lowest BCUT2D eigenvalue weighted by atomic mass is 10.2. The lowest BCUT2D eigenvalue weighted by molar-refractivity contribution is 0.726. The molecule has 0 heterocycles. The zero-order chi connectivity index (χ0) is 10.3. The van der Waals surface area contributed by atoms with Gasteiger partial charge in [-0.15, -0.1) is 0 Å². The van der Waals surface area contributed by atoms with Crippen LogP contribution in [0.1, 0.15) is 13.8 Å². The van der Waals surface area contributed by atoms with Crippen molar-refractivity contribution in [1.82, 2.24) is 5.32 Å². The molecule has 0 aliphatic rings. The minimum Gasteiger partial charge on any atom is -0.272 e. The molecule has 0 aromatic carbocycles. The Morgan fingerprint density at radius 2 is 2.15 bits per heavy atom. The molecule has 0 aliphatic carbocycles. The first-order valence-corrected chi connectivity index (χ1v) is 6.29. The zero-order valence-corrected chi connectivity index (χ0v) is 10.1. The molecule has 0 unspecified atom stereocenters. The summed E-state index contributed by atoms with van der Waals surface area (Å²) in [4.78, 5) is 4.30. The molecular weight excluding hydrogens is 202 g/mol. The van der Waals surface area contributed by atoms with Gasteiger partial charge in [0.2, 0.25) is 0 Å². The van der Waals surface area contributed by atoms with Crippen LogP contribution in [-0.2, 0) is 0 Å². The second kappa shape index (κ2) is 6.17. The summed E-state index contributed by atoms with van der Waals surface area (Å²) in [5.74, 6) is 0. The smallest absolute Gasteiger partial charge is 0.183 e. The van der Waals surface area contributed by atoms with Crippen LogP contribution in [0.15, 0.2) is 4.99 Å². The van der Waals surface area contributed by atoms with Crippen LogP contribution in [0, 0.1) is 11.5 Å². The summed E-state index contributed by atoms with van der Waals surface area (Å²) in [6.45, 7) is 4.98. The maximum atomic E-state index is 8.39. The van der Waals surface area contributed by atoms with Crippen LogP contribution >= 0.6 is 23.5 Å². The van der Waals surface area contributed by atoms with E-state index in [0.717, 1.165) is 6.54 Å². The van der Waals surface area contributed by atoms with Gasteiger partial charge < -0.3 is 0 Å². The van der Waals surface area contributed by atoms with Crippen molar-refractivity contribution in [1.29, 1.82) is 5.26 Å². The summed E-state index contributed by atoms with van der Waals surface area (Å²) in [6, 6.07) is 0. The van der Waals surface area contributed by atoms with Gasteiger partial charge in [-0.2, -0.15) is 17.0 Å². The molecule has 13 heavy (non-hydrogen) atoms. The number of amidine groups is 1. The molecule has 5 heteroatoms. The third-order valence-electron chi connectivity index (χ3n) is 1.51. The van der Waals surface area contributed by atoms with Crippen molar-refractivity contribution in [3.63, 3.8) is 0 Å². The van der Waals surface area contributed by atoms with Gasteiger partial charge in [-0.25, -0.2) is 0 Å². The number of rotatable bonds is 3. The number of nitrogens with one attached hydrogen (secondary N) is 1. The van der Waals surface area contributed by atoms with E-state index in [0.29, 0.717) is 5.17 Å². The molecule has 0 aromatic rings. The Hall–Kier alpha value is -0.340. The molecule has 0 spiro atoms. The van der Waals surface area contributed by atoms with E-state index >= 15 is 0 Å². The Morgan fingerprint density at radius 3 is 2.54 bits per heavy atom. The highest BCUT2D eigenvalue weighted by Crippen LogP contribution is 2.21. The lowest BCUT2D eigenvalue weighted by Crippen LogP contribution is -2.22. The maximum absolute atomic E-state index is 8.39. The van der Waals surface area contributed by atoms with E-state index in [1.165, 1.54) is 11.8 Å². The van der Waals surface area contributed by atoms with E-state index in [1.54, 1.807) is 11.8 Å². The van der Waals surface area contributed by atoms with Crippen molar-refractivity contribution < 1.29 is 0 Å². The quantitative estimate of drug-likeness (QED) is 0.339. The van der Waals surface area contributed by atoms with E-state index in [9.17, 15) is 0 Å². The molecule has 0 atom stereocenters. The predicted molar refractivity (Wildman–Crippen MR) is 62.2 cm³/mol. The zero-order valence-electron chi connectivity index (χ0n) is 8.42. The molecule has 1 N–H and O–H groups in total. The summed E-state index contributed by atoms with van der Waals surface area (Å²) in [5, 5.41) is 11.6. The average Bonchev–Trinajstić information content (AvgIpc) is 2.12. The molecule has 0 amide bonds. The molecule has 0 aromatic heterocycles. The van der Waals surface area contributed by atoms with Gasteiger partial charge in [-0.05, 0) is 26.4 Å². The monoisotopic (exact) mass is 217 g/mol. The van der Waals surface area contributed by atoms with E-state index in [2.05, 4.69) is 30.4 Å². The molecule has 3 nitrogen and oxygen atoms in total. The van der Waals surface area contributed by atoms with E-state index in [1.807, 2.05) is 12.4 Å². The number of thioether (sulfide) groups is 2. The van der Waals surface area contributed by atoms with Crippen LogP contribution in [0.3, 0.4) is 0 Å². The van der Waals surface area contributed by atoms with Gasteiger partial charge in [-0.3, -0.25) is 10.3 Å². The fraction of sp³-hybridized carbons (Fsp3) is 0.750. The van der Waals surface area contributed by atoms with E-state index in [4.69, 9.17) is 5.26 Å². The van der Waals surface area contributed by atoms with Crippen molar-refractivity contribution in [2.45, 2.75) is 18.6 Å². The molecular formula is C8H15N3S2. The number of hydrogen-bond donors (Lipinski definition) is 1. The van der Waals surface area contributed by atoms with Crippen LogP contribution in [0.5, 0.6) is 0 Å². The molecule has 0 saturated carbocycles. The Bertz CT molecular complexity index is 218. The normalized spacial score (nSPS) is 12.4. The molecule has 0 bridgehead atoms. The van der Waals surface area contributed by atoms with Gasteiger partial charge in [0.1, 0.15) is 0 Å². The van der Waals surface area contributed by atoms with Gasteiger partial charge in [0, 0.05) is 4.75 Å². The summed E-state index contributed by atoms with van der Waals surface area (Å²) in [7, 11) is 0. The molecule has 74 valence electrons. The summed E-state index contributed by atoms with van der Waals surface area (Å²) in [6.07, 6.45) is 5.82. The molecule has 0 rings (SSSR count). The summed E-state index contributed by atoms with van der Waals surface area (Å²) >= 11 is 3.22. The average molecular weight is 217 g/mol. The van der Waals surface area contributed by atoms with Gasteiger partial charge in [0.15, 0.2) is 11.4 Å². The SMILES string of the molecule is CSC(=NCC(C)(C)SC)NC#N. The second-order valence-corrected chi connectivity index (χ2v) is 5.33. The summed E-state index contributed by atoms with van der Waals surface area (Å²) < 4.78 is 0.137. The fourth-order valence-corrected chi connectivity index (χ4v) is 1.06. The number of nitrogens with zero attached hydrogens (tertiary/aromatic N) is 2. The molecule has 0 aliphatic heterocycles. The van der Waals surface area contributed by atoms with E-state index < -0.39 is 0 Å². The first kappa shape index (κ1) is 12.7. The van der Waals surface area contributed by atoms with Crippen LogP contribution in [0.2, 0.25) is 0 Å². The van der Waals surface area contributed by atoms with Crippen molar-refractivity contribution in [3.05, 3.63) is 0 Å². The third kappa shape index (κ3) is 5.83. The van der Waals surface area contributed by atoms with E-state index in [-0.39, 0.29) is 4.75 Å². The van der Waals surface area contributed by atoms with Crippen LogP contribution < -0.4 is 5.32 Å². The number of nitriles is 1. The Kier molecular flexibility index (Phi) is 6.00. The topological polar surface area (TPSA) is 48.2 Å². The lowest BCUT2D eigenvalue weighted by Gasteiger charge is -2.19. The van der Waals surface area contributed by atoms with Crippen LogP contribution in [0.4, 0.5) is 0 Å². The Morgan fingerprint density at radius 1 is 1.54 bits per heavy atom. The highest BCUT2D eigenvalue weighted by Gasteiger charge is 2.15. The second-order valence-electron chi connectivity index (χ2n) is 3.03. The largest absolute Gasteiger partial charge is 0.272 e. The minimum absolute atomic E-state index is 0.137. The van der Waals surface area contributed by atoms with Gasteiger partial charge >= 0.3 is 0 Å². The van der Waals surface area contributed by atoms with Crippen LogP contribution in [0.25, 0.3) is 0 Å².